The molecule has 28 heavy (non-hydrogen) atoms. The smallest absolute Gasteiger partial charge is 0.267 e. The van der Waals surface area contributed by atoms with Crippen LogP contribution in [0.25, 0.3) is 11.3 Å². The van der Waals surface area contributed by atoms with Gasteiger partial charge in [-0.25, -0.2) is 14.1 Å². The zero-order chi connectivity index (χ0) is 20.3. The molecule has 0 radical (unpaired) electrons. The molecule has 2 heterocycles. The van der Waals surface area contributed by atoms with E-state index >= 15 is 0 Å². The molecule has 144 valence electrons. The van der Waals surface area contributed by atoms with Crippen LogP contribution in [0.5, 0.6) is 0 Å². The predicted octanol–water partition coefficient (Wildman–Crippen LogP) is 1.73. The summed E-state index contributed by atoms with van der Waals surface area (Å²) >= 11 is 1.14. The maximum atomic E-state index is 13.1. The number of carbonyl (C=O) groups is 2. The Morgan fingerprint density at radius 3 is 2.64 bits per heavy atom. The zero-order valence-electron chi connectivity index (χ0n) is 14.8. The van der Waals surface area contributed by atoms with Crippen molar-refractivity contribution in [3.8, 4) is 11.3 Å². The third kappa shape index (κ3) is 4.46. The van der Waals surface area contributed by atoms with Crippen LogP contribution in [0.3, 0.4) is 0 Å². The molecule has 8 nitrogen and oxygen atoms in total. The molecule has 0 saturated heterocycles. The quantitative estimate of drug-likeness (QED) is 0.652. The topological polar surface area (TPSA) is 120 Å². The van der Waals surface area contributed by atoms with Gasteiger partial charge in [-0.3, -0.25) is 14.4 Å². The van der Waals surface area contributed by atoms with E-state index < -0.39 is 23.4 Å². The molecular weight excluding hydrogens is 385 g/mol. The number of amides is 2. The molecule has 0 aliphatic heterocycles. The molecule has 0 aliphatic rings. The molecule has 10 heteroatoms. The monoisotopic (exact) mass is 401 g/mol. The van der Waals surface area contributed by atoms with Crippen LogP contribution in [0, 0.1) is 5.82 Å². The van der Waals surface area contributed by atoms with Crippen molar-refractivity contribution in [3.63, 3.8) is 0 Å². The van der Waals surface area contributed by atoms with Crippen molar-refractivity contribution in [2.75, 3.05) is 5.32 Å². The van der Waals surface area contributed by atoms with E-state index in [0.29, 0.717) is 17.0 Å². The lowest BCUT2D eigenvalue weighted by molar-refractivity contribution is -0.119. The Hall–Kier alpha value is -3.40. The van der Waals surface area contributed by atoms with Gasteiger partial charge in [-0.15, -0.1) is 11.3 Å². The van der Waals surface area contributed by atoms with Crippen LogP contribution in [0.15, 0.2) is 46.6 Å². The normalized spacial score (nSPS) is 11.8. The van der Waals surface area contributed by atoms with Crippen molar-refractivity contribution in [2.45, 2.75) is 19.4 Å². The minimum Gasteiger partial charge on any atom is -0.369 e. The summed E-state index contributed by atoms with van der Waals surface area (Å²) < 4.78 is 14.1. The summed E-state index contributed by atoms with van der Waals surface area (Å²) in [5, 5.41) is 8.72. The largest absolute Gasteiger partial charge is 0.369 e. The number of nitrogens with two attached hydrogens (primary N) is 1. The van der Waals surface area contributed by atoms with Gasteiger partial charge in [0.15, 0.2) is 5.13 Å². The van der Waals surface area contributed by atoms with Crippen molar-refractivity contribution >= 4 is 28.3 Å². The molecule has 0 saturated carbocycles. The highest BCUT2D eigenvalue weighted by Crippen LogP contribution is 2.19. The molecule has 0 bridgehead atoms. The van der Waals surface area contributed by atoms with Gasteiger partial charge >= 0.3 is 0 Å². The third-order valence-corrected chi connectivity index (χ3v) is 4.66. The van der Waals surface area contributed by atoms with Crippen molar-refractivity contribution in [2.24, 2.45) is 5.73 Å². The fourth-order valence-electron chi connectivity index (χ4n) is 2.42. The number of nitrogens with zero attached hydrogens (tertiary/aromatic N) is 3. The second kappa shape index (κ2) is 8.09. The number of hydrogen-bond donors (Lipinski definition) is 2. The van der Waals surface area contributed by atoms with Crippen LogP contribution >= 0.6 is 11.3 Å². The fourth-order valence-corrected chi connectivity index (χ4v) is 3.14. The molecule has 3 N–H and O–H groups in total. The van der Waals surface area contributed by atoms with E-state index in [1.807, 2.05) is 0 Å². The SMILES string of the molecule is CC(C(=O)Nc1nc(CC(N)=O)cs1)n1nc(-c2ccc(F)cc2)ccc1=O. The Kier molecular flexibility index (Phi) is 5.59. The van der Waals surface area contributed by atoms with Gasteiger partial charge < -0.3 is 11.1 Å². The Morgan fingerprint density at radius 1 is 1.25 bits per heavy atom. The van der Waals surface area contributed by atoms with E-state index in [1.54, 1.807) is 5.38 Å². The van der Waals surface area contributed by atoms with Crippen LogP contribution in [0.2, 0.25) is 0 Å². The molecule has 3 aromatic rings. The van der Waals surface area contributed by atoms with Gasteiger partial charge in [0.2, 0.25) is 5.91 Å². The summed E-state index contributed by atoms with van der Waals surface area (Å²) in [6, 6.07) is 7.53. The van der Waals surface area contributed by atoms with Gasteiger partial charge in [0.1, 0.15) is 11.9 Å². The predicted molar refractivity (Wildman–Crippen MR) is 102 cm³/mol. The Balaban J connectivity index is 1.80. The number of hydrogen-bond acceptors (Lipinski definition) is 6. The Labute approximate surface area is 162 Å². The zero-order valence-corrected chi connectivity index (χ0v) is 15.6. The first kappa shape index (κ1) is 19.4. The first-order valence-corrected chi connectivity index (χ1v) is 9.11. The Bertz CT molecular complexity index is 1080. The Morgan fingerprint density at radius 2 is 1.96 bits per heavy atom. The molecule has 1 aromatic carbocycles. The van der Waals surface area contributed by atoms with E-state index in [2.05, 4.69) is 15.4 Å². The summed E-state index contributed by atoms with van der Waals surface area (Å²) in [6.07, 6.45) is -0.0251. The number of rotatable bonds is 6. The van der Waals surface area contributed by atoms with Crippen LogP contribution in [-0.2, 0) is 16.0 Å². The van der Waals surface area contributed by atoms with Gasteiger partial charge in [-0.05, 0) is 37.3 Å². The van der Waals surface area contributed by atoms with E-state index in [9.17, 15) is 18.8 Å². The van der Waals surface area contributed by atoms with E-state index in [1.165, 1.54) is 43.3 Å². The van der Waals surface area contributed by atoms with Crippen LogP contribution in [0.1, 0.15) is 18.7 Å². The lowest BCUT2D eigenvalue weighted by Gasteiger charge is -2.14. The average molecular weight is 401 g/mol. The molecule has 2 aromatic heterocycles. The van der Waals surface area contributed by atoms with E-state index in [0.717, 1.165) is 16.0 Å². The number of anilines is 1. The van der Waals surface area contributed by atoms with Gasteiger partial charge in [-0.1, -0.05) is 0 Å². The lowest BCUT2D eigenvalue weighted by atomic mass is 10.1. The minimum absolute atomic E-state index is 0.0251. The third-order valence-electron chi connectivity index (χ3n) is 3.85. The van der Waals surface area contributed by atoms with Crippen LogP contribution in [-0.4, -0.2) is 26.6 Å². The molecule has 0 aliphatic carbocycles. The van der Waals surface area contributed by atoms with Crippen LogP contribution in [0.4, 0.5) is 9.52 Å². The summed E-state index contributed by atoms with van der Waals surface area (Å²) in [5.41, 5.74) is 6.15. The number of halogens is 1. The summed E-state index contributed by atoms with van der Waals surface area (Å²) in [6.45, 7) is 1.52. The number of nitrogens with one attached hydrogen (secondary N) is 1. The highest BCUT2D eigenvalue weighted by atomic mass is 32.1. The van der Waals surface area contributed by atoms with Crippen molar-refractivity contribution in [3.05, 3.63) is 63.6 Å². The average Bonchev–Trinajstić information content (AvgIpc) is 3.08. The van der Waals surface area contributed by atoms with Gasteiger partial charge in [0, 0.05) is 17.0 Å². The number of aromatic nitrogens is 3. The first-order valence-electron chi connectivity index (χ1n) is 8.23. The van der Waals surface area contributed by atoms with Crippen molar-refractivity contribution < 1.29 is 14.0 Å². The minimum atomic E-state index is -0.920. The second-order valence-electron chi connectivity index (χ2n) is 5.96. The summed E-state index contributed by atoms with van der Waals surface area (Å²) in [5.74, 6) is -1.40. The van der Waals surface area contributed by atoms with E-state index in [4.69, 9.17) is 5.73 Å². The molecular formula is C18H16FN5O3S. The standard InChI is InChI=1S/C18H16FN5O3S/c1-10(17(27)22-18-21-13(9-28-18)8-15(20)25)24-16(26)7-6-14(23-24)11-2-4-12(19)5-3-11/h2-7,9-10H,8H2,1H3,(H2,20,25)(H,21,22,27). The highest BCUT2D eigenvalue weighted by molar-refractivity contribution is 7.13. The van der Waals surface area contributed by atoms with Gasteiger partial charge in [0.25, 0.3) is 11.5 Å². The van der Waals surface area contributed by atoms with Crippen molar-refractivity contribution in [1.29, 1.82) is 0 Å². The highest BCUT2D eigenvalue weighted by Gasteiger charge is 2.19. The molecule has 3 rings (SSSR count). The molecule has 0 fully saturated rings. The molecule has 0 spiro atoms. The number of carbonyl (C=O) groups excluding carboxylic acids is 2. The fraction of sp³-hybridized carbons (Fsp3) is 0.167. The van der Waals surface area contributed by atoms with Crippen LogP contribution < -0.4 is 16.6 Å². The molecule has 1 unspecified atom stereocenters. The number of benzene rings is 1. The molecule has 1 atom stereocenters. The first-order chi connectivity index (χ1) is 13.3. The van der Waals surface area contributed by atoms with Gasteiger partial charge in [0.05, 0.1) is 17.8 Å². The maximum Gasteiger partial charge on any atom is 0.267 e. The number of thiazole rings is 1. The second-order valence-corrected chi connectivity index (χ2v) is 6.82. The lowest BCUT2D eigenvalue weighted by Crippen LogP contribution is -2.33. The number of primary amides is 1. The summed E-state index contributed by atoms with van der Waals surface area (Å²) in [7, 11) is 0. The van der Waals surface area contributed by atoms with Crippen molar-refractivity contribution in [1.82, 2.24) is 14.8 Å². The molecule has 2 amide bonds. The summed E-state index contributed by atoms with van der Waals surface area (Å²) in [4.78, 5) is 39.7. The van der Waals surface area contributed by atoms with E-state index in [-0.39, 0.29) is 17.4 Å². The maximum absolute atomic E-state index is 13.1. The van der Waals surface area contributed by atoms with Gasteiger partial charge in [-0.2, -0.15) is 5.10 Å².